The van der Waals surface area contributed by atoms with Gasteiger partial charge in [-0.25, -0.2) is 0 Å². The second-order valence-electron chi connectivity index (χ2n) is 4.56. The Kier molecular flexibility index (Phi) is 3.52. The molecule has 2 unspecified atom stereocenters. The molecule has 0 amide bonds. The first-order valence-corrected chi connectivity index (χ1v) is 6.37. The molecule has 0 radical (unpaired) electrons. The molecule has 2 atom stereocenters. The standard InChI is InChI=1S/C13H16N4O2/c1-14-11-4-7-18-8-10(11)13-16-12(17-19-13)9-2-5-15-6-3-9/h2-3,5-6,10-11,14H,4,7-8H2,1H3. The minimum absolute atomic E-state index is 0.113. The summed E-state index contributed by atoms with van der Waals surface area (Å²) in [5, 5.41) is 7.32. The third-order valence-corrected chi connectivity index (χ3v) is 3.42. The average molecular weight is 260 g/mol. The van der Waals surface area contributed by atoms with Crippen LogP contribution in [0.1, 0.15) is 18.2 Å². The zero-order valence-corrected chi connectivity index (χ0v) is 10.7. The van der Waals surface area contributed by atoms with E-state index in [1.54, 1.807) is 12.4 Å². The molecule has 0 saturated carbocycles. The molecule has 1 aliphatic rings. The van der Waals surface area contributed by atoms with Crippen LogP contribution in [0.25, 0.3) is 11.4 Å². The Balaban J connectivity index is 1.84. The number of nitrogens with one attached hydrogen (secondary N) is 1. The molecule has 1 aliphatic heterocycles. The molecule has 0 aliphatic carbocycles. The lowest BCUT2D eigenvalue weighted by molar-refractivity contribution is 0.0516. The molecule has 1 saturated heterocycles. The third kappa shape index (κ3) is 2.50. The van der Waals surface area contributed by atoms with Gasteiger partial charge in [0, 0.05) is 30.6 Å². The van der Waals surface area contributed by atoms with E-state index in [1.807, 2.05) is 19.2 Å². The van der Waals surface area contributed by atoms with Crippen molar-refractivity contribution in [3.63, 3.8) is 0 Å². The van der Waals surface area contributed by atoms with Crippen molar-refractivity contribution in [3.05, 3.63) is 30.4 Å². The highest BCUT2D eigenvalue weighted by atomic mass is 16.5. The predicted octanol–water partition coefficient (Wildman–Crippen LogP) is 1.22. The molecule has 19 heavy (non-hydrogen) atoms. The van der Waals surface area contributed by atoms with Crippen LogP contribution in [0.2, 0.25) is 0 Å². The molecular formula is C13H16N4O2. The first-order valence-electron chi connectivity index (χ1n) is 6.37. The molecule has 1 N–H and O–H groups in total. The van der Waals surface area contributed by atoms with Gasteiger partial charge in [0.05, 0.1) is 12.5 Å². The molecule has 100 valence electrons. The summed E-state index contributed by atoms with van der Waals surface area (Å²) < 4.78 is 10.9. The second-order valence-corrected chi connectivity index (χ2v) is 4.56. The second kappa shape index (κ2) is 5.46. The van der Waals surface area contributed by atoms with Gasteiger partial charge in [-0.2, -0.15) is 4.98 Å². The zero-order chi connectivity index (χ0) is 13.1. The highest BCUT2D eigenvalue weighted by Gasteiger charge is 2.30. The molecule has 3 heterocycles. The zero-order valence-electron chi connectivity index (χ0n) is 10.7. The smallest absolute Gasteiger partial charge is 0.233 e. The van der Waals surface area contributed by atoms with Gasteiger partial charge in [0.15, 0.2) is 0 Å². The van der Waals surface area contributed by atoms with Crippen molar-refractivity contribution in [1.29, 1.82) is 0 Å². The van der Waals surface area contributed by atoms with E-state index >= 15 is 0 Å². The summed E-state index contributed by atoms with van der Waals surface area (Å²) in [6, 6.07) is 4.04. The number of rotatable bonds is 3. The first-order chi connectivity index (χ1) is 9.38. The van der Waals surface area contributed by atoms with Crippen LogP contribution in [0.4, 0.5) is 0 Å². The molecule has 0 aromatic carbocycles. The number of pyridine rings is 1. The van der Waals surface area contributed by atoms with Crippen molar-refractivity contribution in [2.75, 3.05) is 20.3 Å². The van der Waals surface area contributed by atoms with Gasteiger partial charge >= 0.3 is 0 Å². The Morgan fingerprint density at radius 1 is 1.32 bits per heavy atom. The van der Waals surface area contributed by atoms with Gasteiger partial charge in [0.25, 0.3) is 0 Å². The Bertz CT molecular complexity index is 528. The number of aromatic nitrogens is 3. The highest BCUT2D eigenvalue weighted by Crippen LogP contribution is 2.26. The Morgan fingerprint density at radius 2 is 2.16 bits per heavy atom. The molecule has 1 fully saturated rings. The van der Waals surface area contributed by atoms with Crippen LogP contribution in [0, 0.1) is 0 Å². The van der Waals surface area contributed by atoms with E-state index in [4.69, 9.17) is 9.26 Å². The van der Waals surface area contributed by atoms with E-state index in [1.165, 1.54) is 0 Å². The molecule has 2 aromatic heterocycles. The molecule has 3 rings (SSSR count). The Labute approximate surface area is 111 Å². The summed E-state index contributed by atoms with van der Waals surface area (Å²) in [5.41, 5.74) is 0.905. The van der Waals surface area contributed by atoms with E-state index in [-0.39, 0.29) is 5.92 Å². The fraction of sp³-hybridized carbons (Fsp3) is 0.462. The SMILES string of the molecule is CNC1CCOCC1c1nc(-c2ccncc2)no1. The van der Waals surface area contributed by atoms with Crippen molar-refractivity contribution >= 4 is 0 Å². The average Bonchev–Trinajstić information content (AvgIpc) is 2.98. The van der Waals surface area contributed by atoms with Crippen molar-refractivity contribution in [3.8, 4) is 11.4 Å². The summed E-state index contributed by atoms with van der Waals surface area (Å²) in [6.07, 6.45) is 4.38. The maximum atomic E-state index is 5.51. The van der Waals surface area contributed by atoms with Crippen molar-refractivity contribution in [1.82, 2.24) is 20.4 Å². The molecule has 6 nitrogen and oxygen atoms in total. The van der Waals surface area contributed by atoms with Crippen LogP contribution in [0.3, 0.4) is 0 Å². The van der Waals surface area contributed by atoms with Gasteiger partial charge in [-0.05, 0) is 25.6 Å². The van der Waals surface area contributed by atoms with E-state index in [0.29, 0.717) is 24.4 Å². The molecule has 2 aromatic rings. The van der Waals surface area contributed by atoms with Gasteiger partial charge in [-0.1, -0.05) is 5.16 Å². The molecule has 6 heteroatoms. The predicted molar refractivity (Wildman–Crippen MR) is 68.6 cm³/mol. The first kappa shape index (κ1) is 12.3. The lowest BCUT2D eigenvalue weighted by atomic mass is 9.96. The summed E-state index contributed by atoms with van der Waals surface area (Å²) in [5.74, 6) is 1.34. The van der Waals surface area contributed by atoms with Crippen LogP contribution in [-0.2, 0) is 4.74 Å². The summed E-state index contributed by atoms with van der Waals surface area (Å²) in [7, 11) is 1.95. The van der Waals surface area contributed by atoms with Crippen LogP contribution in [0.15, 0.2) is 29.0 Å². The number of ether oxygens (including phenoxy) is 1. The number of hydrogen-bond donors (Lipinski definition) is 1. The van der Waals surface area contributed by atoms with Crippen molar-refractivity contribution in [2.24, 2.45) is 0 Å². The maximum absolute atomic E-state index is 5.51. The molecule has 0 spiro atoms. The normalized spacial score (nSPS) is 23.4. The Hall–Kier alpha value is -1.79. The summed E-state index contributed by atoms with van der Waals surface area (Å²) in [6.45, 7) is 1.39. The number of hydrogen-bond acceptors (Lipinski definition) is 6. The van der Waals surface area contributed by atoms with Crippen LogP contribution in [-0.4, -0.2) is 41.4 Å². The third-order valence-electron chi connectivity index (χ3n) is 3.42. The highest BCUT2D eigenvalue weighted by molar-refractivity contribution is 5.52. The molecular weight excluding hydrogens is 244 g/mol. The Morgan fingerprint density at radius 3 is 2.95 bits per heavy atom. The minimum Gasteiger partial charge on any atom is -0.381 e. The fourth-order valence-corrected chi connectivity index (χ4v) is 2.33. The monoisotopic (exact) mass is 260 g/mol. The van der Waals surface area contributed by atoms with E-state index in [0.717, 1.165) is 18.6 Å². The summed E-state index contributed by atoms with van der Waals surface area (Å²) in [4.78, 5) is 8.45. The van der Waals surface area contributed by atoms with Crippen molar-refractivity contribution < 1.29 is 9.26 Å². The van der Waals surface area contributed by atoms with E-state index < -0.39 is 0 Å². The van der Waals surface area contributed by atoms with Gasteiger partial charge in [-0.15, -0.1) is 0 Å². The lowest BCUT2D eigenvalue weighted by Crippen LogP contribution is -2.39. The minimum atomic E-state index is 0.113. The van der Waals surface area contributed by atoms with Gasteiger partial charge in [0.1, 0.15) is 0 Å². The van der Waals surface area contributed by atoms with Crippen LogP contribution in [0.5, 0.6) is 0 Å². The van der Waals surface area contributed by atoms with Crippen LogP contribution >= 0.6 is 0 Å². The summed E-state index contributed by atoms with van der Waals surface area (Å²) >= 11 is 0. The van der Waals surface area contributed by atoms with Gasteiger partial charge in [-0.3, -0.25) is 4.98 Å². The fourth-order valence-electron chi connectivity index (χ4n) is 2.33. The lowest BCUT2D eigenvalue weighted by Gasteiger charge is -2.28. The van der Waals surface area contributed by atoms with E-state index in [9.17, 15) is 0 Å². The number of likely N-dealkylation sites (N-methyl/N-ethyl adjacent to an activating group) is 1. The molecule has 0 bridgehead atoms. The number of nitrogens with zero attached hydrogens (tertiary/aromatic N) is 3. The quantitative estimate of drug-likeness (QED) is 0.894. The van der Waals surface area contributed by atoms with Gasteiger partial charge in [0.2, 0.25) is 11.7 Å². The largest absolute Gasteiger partial charge is 0.381 e. The van der Waals surface area contributed by atoms with Crippen LogP contribution < -0.4 is 5.32 Å². The van der Waals surface area contributed by atoms with Gasteiger partial charge < -0.3 is 14.6 Å². The topological polar surface area (TPSA) is 73.1 Å². The van der Waals surface area contributed by atoms with E-state index in [2.05, 4.69) is 20.4 Å². The maximum Gasteiger partial charge on any atom is 0.233 e. The van der Waals surface area contributed by atoms with Crippen molar-refractivity contribution in [2.45, 2.75) is 18.4 Å².